The molecule has 0 atom stereocenters. The molecule has 0 aliphatic rings. The van der Waals surface area contributed by atoms with Crippen LogP contribution in [-0.4, -0.2) is 25.4 Å². The topological polar surface area (TPSA) is 46.6 Å². The molecule has 1 N–H and O–H groups in total. The monoisotopic (exact) mass is 356 g/mol. The Morgan fingerprint density at radius 3 is 2.30 bits per heavy atom. The number of hydrogen-bond acceptors (Lipinski definition) is 3. The molecule has 4 nitrogen and oxygen atoms in total. The van der Waals surface area contributed by atoms with Crippen molar-refractivity contribution in [2.24, 2.45) is 4.99 Å². The van der Waals surface area contributed by atoms with E-state index in [1.165, 1.54) is 0 Å². The quantitative estimate of drug-likeness (QED) is 0.473. The Morgan fingerprint density at radius 2 is 1.59 bits per heavy atom. The predicted octanol–water partition coefficient (Wildman–Crippen LogP) is 5.60. The first-order valence-corrected chi connectivity index (χ1v) is 8.72. The van der Waals surface area contributed by atoms with Crippen LogP contribution in [0.5, 0.6) is 11.5 Å². The predicted molar refractivity (Wildman–Crippen MR) is 111 cm³/mol. The van der Waals surface area contributed by atoms with Gasteiger partial charge in [-0.15, -0.1) is 0 Å². The molecule has 1 aromatic heterocycles. The van der Waals surface area contributed by atoms with Gasteiger partial charge in [-0.05, 0) is 35.9 Å². The van der Waals surface area contributed by atoms with Gasteiger partial charge in [0, 0.05) is 17.2 Å². The van der Waals surface area contributed by atoms with E-state index >= 15 is 0 Å². The van der Waals surface area contributed by atoms with Gasteiger partial charge in [0.1, 0.15) is 11.5 Å². The van der Waals surface area contributed by atoms with E-state index < -0.39 is 0 Å². The summed E-state index contributed by atoms with van der Waals surface area (Å²) in [6.07, 6.45) is 1.91. The van der Waals surface area contributed by atoms with Crippen molar-refractivity contribution in [3.05, 3.63) is 78.4 Å². The number of hydrogen-bond donors (Lipinski definition) is 1. The van der Waals surface area contributed by atoms with Crippen molar-refractivity contribution >= 4 is 22.8 Å². The Balaban J connectivity index is 1.85. The zero-order valence-electron chi connectivity index (χ0n) is 15.3. The number of aromatic amines is 1. The molecule has 0 saturated heterocycles. The molecule has 3 aromatic carbocycles. The third kappa shape index (κ3) is 3.29. The van der Waals surface area contributed by atoms with Crippen molar-refractivity contribution in [2.75, 3.05) is 14.2 Å². The number of para-hydroxylation sites is 1. The molecule has 4 aromatic rings. The number of nitrogens with one attached hydrogen (secondary N) is 1. The normalized spacial score (nSPS) is 11.2. The summed E-state index contributed by atoms with van der Waals surface area (Å²) in [6.45, 7) is 0. The highest BCUT2D eigenvalue weighted by atomic mass is 16.5. The van der Waals surface area contributed by atoms with Crippen LogP contribution in [0, 0.1) is 0 Å². The van der Waals surface area contributed by atoms with Crippen molar-refractivity contribution in [1.82, 2.24) is 4.98 Å². The van der Waals surface area contributed by atoms with E-state index in [0.717, 1.165) is 44.9 Å². The summed E-state index contributed by atoms with van der Waals surface area (Å²) in [5.41, 5.74) is 4.99. The number of H-pyrrole nitrogens is 1. The van der Waals surface area contributed by atoms with Gasteiger partial charge in [-0.25, -0.2) is 0 Å². The maximum atomic E-state index is 5.53. The van der Waals surface area contributed by atoms with Crippen LogP contribution in [0.2, 0.25) is 0 Å². The minimum absolute atomic E-state index is 0.814. The van der Waals surface area contributed by atoms with Gasteiger partial charge in [0.15, 0.2) is 0 Å². The Bertz CT molecular complexity index is 1080. The Labute approximate surface area is 158 Å². The molecular weight excluding hydrogens is 336 g/mol. The van der Waals surface area contributed by atoms with Crippen LogP contribution in [0.3, 0.4) is 0 Å². The molecule has 0 spiro atoms. The molecule has 0 saturated carbocycles. The Hall–Kier alpha value is -3.53. The molecule has 0 amide bonds. The number of fused-ring (bicyclic) bond motifs is 1. The van der Waals surface area contributed by atoms with Crippen LogP contribution in [-0.2, 0) is 0 Å². The summed E-state index contributed by atoms with van der Waals surface area (Å²) in [5.74, 6) is 1.63. The number of nitrogens with zero attached hydrogens (tertiary/aromatic N) is 1. The first-order valence-electron chi connectivity index (χ1n) is 8.72. The molecule has 0 fully saturated rings. The van der Waals surface area contributed by atoms with Crippen molar-refractivity contribution in [3.8, 4) is 22.8 Å². The number of benzene rings is 3. The fraction of sp³-hybridized carbons (Fsp3) is 0.0870. The van der Waals surface area contributed by atoms with E-state index in [-0.39, 0.29) is 0 Å². The Morgan fingerprint density at radius 1 is 0.815 bits per heavy atom. The average molecular weight is 356 g/mol. The summed E-state index contributed by atoms with van der Waals surface area (Å²) >= 11 is 0. The third-order valence-corrected chi connectivity index (χ3v) is 4.53. The fourth-order valence-electron chi connectivity index (χ4n) is 3.16. The van der Waals surface area contributed by atoms with Crippen molar-refractivity contribution in [1.29, 1.82) is 0 Å². The lowest BCUT2D eigenvalue weighted by Gasteiger charge is -2.01. The van der Waals surface area contributed by atoms with Gasteiger partial charge in [0.25, 0.3) is 0 Å². The third-order valence-electron chi connectivity index (χ3n) is 4.53. The first-order chi connectivity index (χ1) is 13.3. The van der Waals surface area contributed by atoms with Gasteiger partial charge in [-0.3, -0.25) is 4.99 Å². The van der Waals surface area contributed by atoms with Crippen LogP contribution < -0.4 is 9.47 Å². The second-order valence-electron chi connectivity index (χ2n) is 6.12. The van der Waals surface area contributed by atoms with Gasteiger partial charge in [0.05, 0.1) is 31.1 Å². The van der Waals surface area contributed by atoms with Crippen LogP contribution in [0.15, 0.2) is 77.8 Å². The average Bonchev–Trinajstić information content (AvgIpc) is 3.12. The molecule has 0 unspecified atom stereocenters. The fourth-order valence-corrected chi connectivity index (χ4v) is 3.16. The SMILES string of the molecule is COc1ccc(N=Cc2c(-c3ccccc3)[nH]c3c(OC)cccc23)cc1. The molecule has 0 radical (unpaired) electrons. The molecule has 27 heavy (non-hydrogen) atoms. The number of aliphatic imine (C=N–C) groups is 1. The van der Waals surface area contributed by atoms with E-state index in [9.17, 15) is 0 Å². The summed E-state index contributed by atoms with van der Waals surface area (Å²) in [7, 11) is 3.34. The number of ether oxygens (including phenoxy) is 2. The summed E-state index contributed by atoms with van der Waals surface area (Å²) in [6, 6.07) is 24.0. The van der Waals surface area contributed by atoms with E-state index in [1.54, 1.807) is 14.2 Å². The maximum Gasteiger partial charge on any atom is 0.142 e. The maximum absolute atomic E-state index is 5.53. The molecular formula is C23H20N2O2. The molecule has 0 aliphatic heterocycles. The molecule has 134 valence electrons. The highest BCUT2D eigenvalue weighted by Crippen LogP contribution is 2.34. The van der Waals surface area contributed by atoms with Crippen LogP contribution in [0.25, 0.3) is 22.2 Å². The second-order valence-corrected chi connectivity index (χ2v) is 6.12. The standard InChI is InChI=1S/C23H20N2O2/c1-26-18-13-11-17(12-14-18)24-15-20-19-9-6-10-21(27-2)23(19)25-22(20)16-7-4-3-5-8-16/h3-15,25H,1-2H3. The molecule has 4 rings (SSSR count). The summed E-state index contributed by atoms with van der Waals surface area (Å²) < 4.78 is 10.7. The zero-order valence-corrected chi connectivity index (χ0v) is 15.3. The molecule has 1 heterocycles. The number of methoxy groups -OCH3 is 2. The van der Waals surface area contributed by atoms with Gasteiger partial charge >= 0.3 is 0 Å². The van der Waals surface area contributed by atoms with Crippen LogP contribution in [0.1, 0.15) is 5.56 Å². The Kier molecular flexibility index (Phi) is 4.62. The lowest BCUT2D eigenvalue weighted by Crippen LogP contribution is -1.85. The van der Waals surface area contributed by atoms with Gasteiger partial charge in [0.2, 0.25) is 0 Å². The molecule has 0 aliphatic carbocycles. The van der Waals surface area contributed by atoms with Crippen molar-refractivity contribution < 1.29 is 9.47 Å². The van der Waals surface area contributed by atoms with E-state index in [0.29, 0.717) is 0 Å². The first kappa shape index (κ1) is 16.9. The summed E-state index contributed by atoms with van der Waals surface area (Å²) in [5, 5.41) is 1.07. The van der Waals surface area contributed by atoms with Gasteiger partial charge < -0.3 is 14.5 Å². The van der Waals surface area contributed by atoms with E-state index in [4.69, 9.17) is 9.47 Å². The molecule has 0 bridgehead atoms. The lowest BCUT2D eigenvalue weighted by molar-refractivity contribution is 0.415. The smallest absolute Gasteiger partial charge is 0.142 e. The van der Waals surface area contributed by atoms with E-state index in [2.05, 4.69) is 28.2 Å². The lowest BCUT2D eigenvalue weighted by atomic mass is 10.1. The van der Waals surface area contributed by atoms with Gasteiger partial charge in [-0.2, -0.15) is 0 Å². The second kappa shape index (κ2) is 7.38. The highest BCUT2D eigenvalue weighted by molar-refractivity contribution is 6.08. The zero-order chi connectivity index (χ0) is 18.6. The minimum Gasteiger partial charge on any atom is -0.497 e. The van der Waals surface area contributed by atoms with Crippen molar-refractivity contribution in [2.45, 2.75) is 0 Å². The minimum atomic E-state index is 0.814. The largest absolute Gasteiger partial charge is 0.497 e. The van der Waals surface area contributed by atoms with Crippen molar-refractivity contribution in [3.63, 3.8) is 0 Å². The molecule has 4 heteroatoms. The number of rotatable bonds is 5. The summed E-state index contributed by atoms with van der Waals surface area (Å²) in [4.78, 5) is 8.19. The van der Waals surface area contributed by atoms with Gasteiger partial charge in [-0.1, -0.05) is 42.5 Å². The van der Waals surface area contributed by atoms with Crippen LogP contribution in [0.4, 0.5) is 5.69 Å². The highest BCUT2D eigenvalue weighted by Gasteiger charge is 2.14. The number of aromatic nitrogens is 1. The van der Waals surface area contributed by atoms with E-state index in [1.807, 2.05) is 60.8 Å². The van der Waals surface area contributed by atoms with Crippen LogP contribution >= 0.6 is 0 Å².